The van der Waals surface area contributed by atoms with Crippen LogP contribution in [0.25, 0.3) is 0 Å². The van der Waals surface area contributed by atoms with Gasteiger partial charge in [-0.25, -0.2) is 0 Å². The predicted molar refractivity (Wildman–Crippen MR) is 82.5 cm³/mol. The number of benzene rings is 1. The van der Waals surface area contributed by atoms with Crippen molar-refractivity contribution in [3.05, 3.63) is 29.8 Å². The molecule has 22 heavy (non-hydrogen) atoms. The smallest absolute Gasteiger partial charge is 0.307 e. The number of ether oxygens (including phenoxy) is 1. The van der Waals surface area contributed by atoms with Gasteiger partial charge in [-0.15, -0.1) is 0 Å². The summed E-state index contributed by atoms with van der Waals surface area (Å²) < 4.78 is 5.75. The molecule has 2 atom stereocenters. The van der Waals surface area contributed by atoms with Gasteiger partial charge in [0, 0.05) is 12.1 Å². The van der Waals surface area contributed by atoms with Crippen LogP contribution in [0.4, 0.5) is 0 Å². The molecule has 0 bridgehead atoms. The zero-order chi connectivity index (χ0) is 16.1. The lowest BCUT2D eigenvalue weighted by molar-refractivity contribution is -0.152. The highest BCUT2D eigenvalue weighted by molar-refractivity contribution is 5.86. The minimum atomic E-state index is -0.882. The molecule has 1 saturated carbocycles. The first-order valence-electron chi connectivity index (χ1n) is 7.70. The van der Waals surface area contributed by atoms with Crippen molar-refractivity contribution in [2.24, 2.45) is 17.8 Å². The molecule has 5 heteroatoms. The standard InChI is InChI=1S/C17H23NO4/c1-11(2)10-22-15-6-4-3-5-12(15)9-18-16(19)13-7-8-14(13)17(20)21/h3-6,11,13-14H,7-10H2,1-2H3,(H,18,19)(H,20,21). The lowest BCUT2D eigenvalue weighted by Crippen LogP contribution is -2.43. The van der Waals surface area contributed by atoms with E-state index >= 15 is 0 Å². The third-order valence-electron chi connectivity index (χ3n) is 3.93. The van der Waals surface area contributed by atoms with Crippen molar-refractivity contribution in [3.8, 4) is 5.75 Å². The third kappa shape index (κ3) is 4.00. The molecule has 1 aromatic carbocycles. The summed E-state index contributed by atoms with van der Waals surface area (Å²) in [7, 11) is 0. The Morgan fingerprint density at radius 1 is 1.27 bits per heavy atom. The van der Waals surface area contributed by atoms with Crippen molar-refractivity contribution in [2.45, 2.75) is 33.2 Å². The number of carboxylic acids is 1. The number of nitrogens with one attached hydrogen (secondary N) is 1. The average Bonchev–Trinajstić information content (AvgIpc) is 2.41. The molecule has 5 nitrogen and oxygen atoms in total. The first-order chi connectivity index (χ1) is 10.5. The Bertz CT molecular complexity index is 541. The number of carbonyl (C=O) groups excluding carboxylic acids is 1. The van der Waals surface area contributed by atoms with Gasteiger partial charge in [0.25, 0.3) is 0 Å². The van der Waals surface area contributed by atoms with E-state index in [0.717, 1.165) is 11.3 Å². The van der Waals surface area contributed by atoms with E-state index in [4.69, 9.17) is 9.84 Å². The number of para-hydroxylation sites is 1. The number of hydrogen-bond donors (Lipinski definition) is 2. The summed E-state index contributed by atoms with van der Waals surface area (Å²) in [5, 5.41) is 11.8. The monoisotopic (exact) mass is 305 g/mol. The summed E-state index contributed by atoms with van der Waals surface area (Å²) in [6.07, 6.45) is 1.23. The SMILES string of the molecule is CC(C)COc1ccccc1CNC(=O)C1CCC1C(=O)O. The molecule has 0 radical (unpaired) electrons. The van der Waals surface area contributed by atoms with Crippen LogP contribution in [0.1, 0.15) is 32.3 Å². The lowest BCUT2D eigenvalue weighted by atomic mass is 9.73. The van der Waals surface area contributed by atoms with E-state index in [2.05, 4.69) is 19.2 Å². The van der Waals surface area contributed by atoms with Crippen LogP contribution in [-0.4, -0.2) is 23.6 Å². The summed E-state index contributed by atoms with van der Waals surface area (Å²) in [5.74, 6) is -0.813. The second-order valence-electron chi connectivity index (χ2n) is 6.16. The maximum Gasteiger partial charge on any atom is 0.307 e. The minimum absolute atomic E-state index is 0.183. The summed E-state index contributed by atoms with van der Waals surface area (Å²) in [6.45, 7) is 5.13. The lowest BCUT2D eigenvalue weighted by Gasteiger charge is -2.32. The van der Waals surface area contributed by atoms with Gasteiger partial charge in [-0.05, 0) is 24.8 Å². The number of amides is 1. The second kappa shape index (κ2) is 7.29. The topological polar surface area (TPSA) is 75.6 Å². The molecule has 2 N–H and O–H groups in total. The van der Waals surface area contributed by atoms with E-state index in [1.54, 1.807) is 0 Å². The third-order valence-corrected chi connectivity index (χ3v) is 3.93. The maximum absolute atomic E-state index is 12.1. The van der Waals surface area contributed by atoms with Gasteiger partial charge in [0.05, 0.1) is 18.4 Å². The van der Waals surface area contributed by atoms with Crippen LogP contribution in [0.5, 0.6) is 5.75 Å². The zero-order valence-corrected chi connectivity index (χ0v) is 13.0. The molecule has 0 saturated heterocycles. The van der Waals surface area contributed by atoms with E-state index in [1.165, 1.54) is 0 Å². The molecule has 1 amide bonds. The normalized spacial score (nSPS) is 20.3. The quantitative estimate of drug-likeness (QED) is 0.811. The fourth-order valence-corrected chi connectivity index (χ4v) is 2.47. The molecular formula is C17H23NO4. The Labute approximate surface area is 130 Å². The fraction of sp³-hybridized carbons (Fsp3) is 0.529. The number of hydrogen-bond acceptors (Lipinski definition) is 3. The van der Waals surface area contributed by atoms with Gasteiger partial charge in [-0.3, -0.25) is 9.59 Å². The van der Waals surface area contributed by atoms with Crippen molar-refractivity contribution in [1.82, 2.24) is 5.32 Å². The van der Waals surface area contributed by atoms with Crippen molar-refractivity contribution in [2.75, 3.05) is 6.61 Å². The van der Waals surface area contributed by atoms with Gasteiger partial charge < -0.3 is 15.2 Å². The van der Waals surface area contributed by atoms with E-state index in [-0.39, 0.29) is 5.91 Å². The summed E-state index contributed by atoms with van der Waals surface area (Å²) >= 11 is 0. The summed E-state index contributed by atoms with van der Waals surface area (Å²) in [5.41, 5.74) is 0.905. The van der Waals surface area contributed by atoms with Gasteiger partial charge in [0.1, 0.15) is 5.75 Å². The zero-order valence-electron chi connectivity index (χ0n) is 13.0. The number of carboxylic acid groups (broad SMARTS) is 1. The molecule has 1 fully saturated rings. The first kappa shape index (κ1) is 16.3. The molecule has 1 aromatic rings. The molecule has 1 aliphatic carbocycles. The molecule has 0 aliphatic heterocycles. The summed E-state index contributed by atoms with van der Waals surface area (Å²) in [6, 6.07) is 7.58. The second-order valence-corrected chi connectivity index (χ2v) is 6.16. The number of aliphatic carboxylic acids is 1. The Kier molecular flexibility index (Phi) is 5.41. The van der Waals surface area contributed by atoms with Crippen LogP contribution >= 0.6 is 0 Å². The van der Waals surface area contributed by atoms with Gasteiger partial charge in [-0.2, -0.15) is 0 Å². The van der Waals surface area contributed by atoms with Gasteiger partial charge in [-0.1, -0.05) is 32.0 Å². The van der Waals surface area contributed by atoms with Crippen LogP contribution < -0.4 is 10.1 Å². The van der Waals surface area contributed by atoms with Crippen molar-refractivity contribution < 1.29 is 19.4 Å². The Morgan fingerprint density at radius 2 is 1.95 bits per heavy atom. The van der Waals surface area contributed by atoms with Crippen LogP contribution in [0, 0.1) is 17.8 Å². The largest absolute Gasteiger partial charge is 0.493 e. The van der Waals surface area contributed by atoms with Gasteiger partial charge in [0.15, 0.2) is 0 Å². The van der Waals surface area contributed by atoms with Crippen LogP contribution in [-0.2, 0) is 16.1 Å². The summed E-state index contributed by atoms with van der Waals surface area (Å²) in [4.78, 5) is 23.0. The molecule has 120 valence electrons. The van der Waals surface area contributed by atoms with Crippen molar-refractivity contribution in [3.63, 3.8) is 0 Å². The highest BCUT2D eigenvalue weighted by atomic mass is 16.5. The van der Waals surface area contributed by atoms with Crippen molar-refractivity contribution in [1.29, 1.82) is 0 Å². The highest BCUT2D eigenvalue weighted by Gasteiger charge is 2.41. The Morgan fingerprint density at radius 3 is 2.55 bits per heavy atom. The molecule has 0 spiro atoms. The molecule has 0 heterocycles. The van der Waals surface area contributed by atoms with Crippen molar-refractivity contribution >= 4 is 11.9 Å². The molecule has 2 rings (SSSR count). The van der Waals surface area contributed by atoms with E-state index in [1.807, 2.05) is 24.3 Å². The fourth-order valence-electron chi connectivity index (χ4n) is 2.47. The first-order valence-corrected chi connectivity index (χ1v) is 7.70. The Balaban J connectivity index is 1.91. The molecule has 0 aromatic heterocycles. The number of carbonyl (C=O) groups is 2. The molecular weight excluding hydrogens is 282 g/mol. The van der Waals surface area contributed by atoms with E-state index in [9.17, 15) is 9.59 Å². The molecule has 1 aliphatic rings. The van der Waals surface area contributed by atoms with Crippen LogP contribution in [0.2, 0.25) is 0 Å². The number of rotatable bonds is 7. The van der Waals surface area contributed by atoms with E-state index < -0.39 is 17.8 Å². The average molecular weight is 305 g/mol. The highest BCUT2D eigenvalue weighted by Crippen LogP contribution is 2.34. The minimum Gasteiger partial charge on any atom is -0.493 e. The van der Waals surface area contributed by atoms with Crippen LogP contribution in [0.3, 0.4) is 0 Å². The van der Waals surface area contributed by atoms with Crippen LogP contribution in [0.15, 0.2) is 24.3 Å². The van der Waals surface area contributed by atoms with Gasteiger partial charge in [0.2, 0.25) is 5.91 Å². The molecule has 2 unspecified atom stereocenters. The predicted octanol–water partition coefficient (Wildman–Crippen LogP) is 2.45. The van der Waals surface area contributed by atoms with Gasteiger partial charge >= 0.3 is 5.97 Å². The van der Waals surface area contributed by atoms with E-state index in [0.29, 0.717) is 31.9 Å². The maximum atomic E-state index is 12.1. The Hall–Kier alpha value is -2.04.